The predicted octanol–water partition coefficient (Wildman–Crippen LogP) is -2.73. The summed E-state index contributed by atoms with van der Waals surface area (Å²) >= 11 is 0. The normalized spacial score (nSPS) is 41.5. The standard InChI is InChI=1S/C8H15NO6/c9-2-4-7(13)8(14)6(12)3(15-4)1-5(10)11/h3-4,6-8,12-14H,1-2,9H2,(H,10,11)/t3-,4-,6+,7-,8-/m1/s1. The van der Waals surface area contributed by atoms with Gasteiger partial charge in [-0.15, -0.1) is 0 Å². The molecule has 1 rings (SSSR count). The minimum atomic E-state index is -1.43. The van der Waals surface area contributed by atoms with Crippen LogP contribution in [0.2, 0.25) is 0 Å². The number of rotatable bonds is 3. The third-order valence-corrected chi connectivity index (χ3v) is 2.42. The Balaban J connectivity index is 2.69. The van der Waals surface area contributed by atoms with Gasteiger partial charge in [0.15, 0.2) is 0 Å². The van der Waals surface area contributed by atoms with Gasteiger partial charge in [0.25, 0.3) is 0 Å². The van der Waals surface area contributed by atoms with Crippen molar-refractivity contribution in [1.29, 1.82) is 0 Å². The molecule has 0 unspecified atom stereocenters. The highest BCUT2D eigenvalue weighted by molar-refractivity contribution is 5.67. The van der Waals surface area contributed by atoms with Crippen LogP contribution in [0.5, 0.6) is 0 Å². The van der Waals surface area contributed by atoms with Crippen molar-refractivity contribution in [2.45, 2.75) is 36.9 Å². The van der Waals surface area contributed by atoms with Crippen LogP contribution in [-0.4, -0.2) is 63.5 Å². The molecule has 0 bridgehead atoms. The lowest BCUT2D eigenvalue weighted by molar-refractivity contribution is -0.221. The molecule has 1 heterocycles. The summed E-state index contributed by atoms with van der Waals surface area (Å²) < 4.78 is 5.08. The smallest absolute Gasteiger partial charge is 0.306 e. The third-order valence-electron chi connectivity index (χ3n) is 2.42. The second kappa shape index (κ2) is 4.86. The van der Waals surface area contributed by atoms with Gasteiger partial charge in [-0.05, 0) is 0 Å². The Hall–Kier alpha value is -0.730. The fourth-order valence-electron chi connectivity index (χ4n) is 1.56. The topological polar surface area (TPSA) is 133 Å². The molecule has 0 aliphatic carbocycles. The lowest BCUT2D eigenvalue weighted by atomic mass is 9.93. The second-order valence-electron chi connectivity index (χ2n) is 3.52. The van der Waals surface area contributed by atoms with Crippen molar-refractivity contribution in [3.63, 3.8) is 0 Å². The van der Waals surface area contributed by atoms with Gasteiger partial charge < -0.3 is 30.9 Å². The Kier molecular flexibility index (Phi) is 4.00. The number of carboxylic acids is 1. The average Bonchev–Trinajstić information content (AvgIpc) is 2.18. The molecule has 7 nitrogen and oxygen atoms in total. The molecule has 0 saturated carbocycles. The van der Waals surface area contributed by atoms with Crippen LogP contribution in [0.1, 0.15) is 6.42 Å². The third kappa shape index (κ3) is 2.64. The van der Waals surface area contributed by atoms with Gasteiger partial charge in [0.2, 0.25) is 0 Å². The fourth-order valence-corrected chi connectivity index (χ4v) is 1.56. The number of nitrogens with two attached hydrogens (primary N) is 1. The monoisotopic (exact) mass is 221 g/mol. The van der Waals surface area contributed by atoms with Gasteiger partial charge in [-0.2, -0.15) is 0 Å². The maximum Gasteiger partial charge on any atom is 0.306 e. The zero-order chi connectivity index (χ0) is 11.6. The molecule has 0 aromatic carbocycles. The van der Waals surface area contributed by atoms with Gasteiger partial charge in [0, 0.05) is 6.54 Å². The van der Waals surface area contributed by atoms with Crippen LogP contribution in [0.3, 0.4) is 0 Å². The number of aliphatic hydroxyl groups excluding tert-OH is 3. The lowest BCUT2D eigenvalue weighted by Gasteiger charge is -2.39. The Bertz CT molecular complexity index is 233. The van der Waals surface area contributed by atoms with Crippen molar-refractivity contribution >= 4 is 5.97 Å². The molecule has 1 fully saturated rings. The van der Waals surface area contributed by atoms with Crippen molar-refractivity contribution in [1.82, 2.24) is 0 Å². The Labute approximate surface area is 86.1 Å². The number of carbonyl (C=O) groups is 1. The maximum atomic E-state index is 10.4. The first-order valence-corrected chi connectivity index (χ1v) is 4.59. The summed E-state index contributed by atoms with van der Waals surface area (Å²) in [5.41, 5.74) is 5.27. The van der Waals surface area contributed by atoms with Crippen LogP contribution in [0, 0.1) is 0 Å². The van der Waals surface area contributed by atoms with Crippen molar-refractivity contribution in [2.75, 3.05) is 6.54 Å². The number of aliphatic hydroxyl groups is 3. The van der Waals surface area contributed by atoms with Crippen molar-refractivity contribution in [2.24, 2.45) is 5.73 Å². The summed E-state index contributed by atoms with van der Waals surface area (Å²) in [5, 5.41) is 36.8. The highest BCUT2D eigenvalue weighted by atomic mass is 16.5. The van der Waals surface area contributed by atoms with Gasteiger partial charge in [-0.3, -0.25) is 4.79 Å². The Morgan fingerprint density at radius 1 is 1.13 bits per heavy atom. The van der Waals surface area contributed by atoms with E-state index in [9.17, 15) is 20.1 Å². The predicted molar refractivity (Wildman–Crippen MR) is 48.0 cm³/mol. The summed E-state index contributed by atoms with van der Waals surface area (Å²) in [6.45, 7) is -0.0545. The summed E-state index contributed by atoms with van der Waals surface area (Å²) in [7, 11) is 0. The Morgan fingerprint density at radius 3 is 2.13 bits per heavy atom. The van der Waals surface area contributed by atoms with E-state index in [-0.39, 0.29) is 6.54 Å². The van der Waals surface area contributed by atoms with E-state index in [0.717, 1.165) is 0 Å². The van der Waals surface area contributed by atoms with Crippen molar-refractivity contribution in [3.8, 4) is 0 Å². The van der Waals surface area contributed by atoms with E-state index >= 15 is 0 Å². The first-order valence-electron chi connectivity index (χ1n) is 4.59. The molecule has 0 spiro atoms. The summed E-state index contributed by atoms with van der Waals surface area (Å²) in [6, 6.07) is 0. The van der Waals surface area contributed by atoms with Gasteiger partial charge >= 0.3 is 5.97 Å². The minimum absolute atomic E-state index is 0.0545. The largest absolute Gasteiger partial charge is 0.481 e. The molecule has 1 aliphatic heterocycles. The zero-order valence-electron chi connectivity index (χ0n) is 7.98. The molecule has 1 saturated heterocycles. The molecule has 6 N–H and O–H groups in total. The second-order valence-corrected chi connectivity index (χ2v) is 3.52. The van der Waals surface area contributed by atoms with Gasteiger partial charge in [0.05, 0.1) is 18.6 Å². The van der Waals surface area contributed by atoms with Crippen LogP contribution < -0.4 is 5.73 Å². The molecule has 0 amide bonds. The van der Waals surface area contributed by atoms with Gasteiger partial charge in [0.1, 0.15) is 18.3 Å². The zero-order valence-corrected chi connectivity index (χ0v) is 7.98. The molecule has 0 aromatic heterocycles. The maximum absolute atomic E-state index is 10.4. The number of hydrogen-bond donors (Lipinski definition) is 5. The number of hydrogen-bond acceptors (Lipinski definition) is 6. The molecular formula is C8H15NO6. The summed E-state index contributed by atoms with van der Waals surface area (Å²) in [5.74, 6) is -1.15. The van der Waals surface area contributed by atoms with E-state index in [4.69, 9.17) is 15.6 Å². The average molecular weight is 221 g/mol. The minimum Gasteiger partial charge on any atom is -0.481 e. The van der Waals surface area contributed by atoms with E-state index in [1.165, 1.54) is 0 Å². The lowest BCUT2D eigenvalue weighted by Crippen LogP contribution is -2.59. The van der Waals surface area contributed by atoms with Crippen LogP contribution >= 0.6 is 0 Å². The highest BCUT2D eigenvalue weighted by Crippen LogP contribution is 2.22. The molecule has 1 aliphatic rings. The van der Waals surface area contributed by atoms with Crippen LogP contribution in [0.15, 0.2) is 0 Å². The van der Waals surface area contributed by atoms with E-state index in [1.54, 1.807) is 0 Å². The van der Waals surface area contributed by atoms with Crippen LogP contribution in [0.4, 0.5) is 0 Å². The van der Waals surface area contributed by atoms with E-state index in [2.05, 4.69) is 0 Å². The number of carboxylic acid groups (broad SMARTS) is 1. The van der Waals surface area contributed by atoms with Crippen molar-refractivity contribution in [3.05, 3.63) is 0 Å². The molecule has 0 radical (unpaired) electrons. The van der Waals surface area contributed by atoms with E-state index < -0.39 is 42.9 Å². The van der Waals surface area contributed by atoms with E-state index in [0.29, 0.717) is 0 Å². The molecular weight excluding hydrogens is 206 g/mol. The number of aliphatic carboxylic acids is 1. The molecule has 5 atom stereocenters. The van der Waals surface area contributed by atoms with Crippen LogP contribution in [-0.2, 0) is 9.53 Å². The quantitative estimate of drug-likeness (QED) is 0.349. The first-order chi connectivity index (χ1) is 6.97. The first kappa shape index (κ1) is 12.3. The molecule has 7 heteroatoms. The fraction of sp³-hybridized carbons (Fsp3) is 0.875. The highest BCUT2D eigenvalue weighted by Gasteiger charge is 2.43. The molecule has 88 valence electrons. The van der Waals surface area contributed by atoms with Gasteiger partial charge in [-0.1, -0.05) is 0 Å². The SMILES string of the molecule is NC[C@H]1O[C@H](CC(=O)O)[C@H](O)[C@@H](O)[C@@H]1O. The van der Waals surface area contributed by atoms with Gasteiger partial charge in [-0.25, -0.2) is 0 Å². The molecule has 0 aromatic rings. The van der Waals surface area contributed by atoms with Crippen LogP contribution in [0.25, 0.3) is 0 Å². The molecule has 15 heavy (non-hydrogen) atoms. The van der Waals surface area contributed by atoms with E-state index in [1.807, 2.05) is 0 Å². The Morgan fingerprint density at radius 2 is 1.67 bits per heavy atom. The number of ether oxygens (including phenoxy) is 1. The summed E-state index contributed by atoms with van der Waals surface area (Å²) in [6.07, 6.45) is -6.49. The summed E-state index contributed by atoms with van der Waals surface area (Å²) in [4.78, 5) is 10.4. The van der Waals surface area contributed by atoms with Crippen molar-refractivity contribution < 1.29 is 30.0 Å².